The highest BCUT2D eigenvalue weighted by atomic mass is 32.2. The summed E-state index contributed by atoms with van der Waals surface area (Å²) >= 11 is 0. The van der Waals surface area contributed by atoms with Crippen LogP contribution in [0.3, 0.4) is 0 Å². The summed E-state index contributed by atoms with van der Waals surface area (Å²) in [5.41, 5.74) is 7.47. The van der Waals surface area contributed by atoms with E-state index in [0.29, 0.717) is 12.2 Å². The van der Waals surface area contributed by atoms with Crippen molar-refractivity contribution >= 4 is 15.7 Å². The van der Waals surface area contributed by atoms with Gasteiger partial charge in [-0.2, -0.15) is 0 Å². The fourth-order valence-corrected chi connectivity index (χ4v) is 2.47. The van der Waals surface area contributed by atoms with Gasteiger partial charge in [0.25, 0.3) is 0 Å². The second-order valence-electron chi connectivity index (χ2n) is 3.95. The number of hydrogen-bond donors (Lipinski definition) is 2. The molecular formula is C13H18N2O3S. The van der Waals surface area contributed by atoms with E-state index in [2.05, 4.69) is 16.6 Å². The minimum absolute atomic E-state index is 0.0718. The zero-order valence-electron chi connectivity index (χ0n) is 11.1. The monoisotopic (exact) mass is 282 g/mol. The average Bonchev–Trinajstić information content (AvgIpc) is 2.37. The van der Waals surface area contributed by atoms with Gasteiger partial charge in [0.1, 0.15) is 0 Å². The summed E-state index contributed by atoms with van der Waals surface area (Å²) in [6.07, 6.45) is 0. The fourth-order valence-electron chi connectivity index (χ4n) is 1.42. The molecule has 1 rings (SSSR count). The van der Waals surface area contributed by atoms with Gasteiger partial charge in [0, 0.05) is 12.7 Å². The smallest absolute Gasteiger partial charge is 0.235 e. The Kier molecular flexibility index (Phi) is 5.83. The molecular weight excluding hydrogens is 264 g/mol. The van der Waals surface area contributed by atoms with Gasteiger partial charge in [-0.1, -0.05) is 11.8 Å². The molecule has 0 radical (unpaired) electrons. The second kappa shape index (κ2) is 7.14. The quantitative estimate of drug-likeness (QED) is 0.779. The maximum absolute atomic E-state index is 11.7. The largest absolute Gasteiger partial charge is 0.384 e. The Bertz CT molecular complexity index is 586. The van der Waals surface area contributed by atoms with Crippen LogP contribution in [0.5, 0.6) is 0 Å². The molecule has 0 saturated carbocycles. The number of sulfonamides is 1. The van der Waals surface area contributed by atoms with Crippen molar-refractivity contribution < 1.29 is 13.2 Å². The van der Waals surface area contributed by atoms with E-state index in [1.165, 1.54) is 7.11 Å². The first-order valence-electron chi connectivity index (χ1n) is 5.77. The summed E-state index contributed by atoms with van der Waals surface area (Å²) in [5, 5.41) is 0. The Hall–Kier alpha value is -1.55. The summed E-state index contributed by atoms with van der Waals surface area (Å²) in [5.74, 6) is 5.58. The standard InChI is InChI=1S/C13H18N2O3S/c1-11-10-12(4-3-7-14)5-6-13(11)15-19(16,17)9-8-18-2/h5-6,10,15H,7-9,14H2,1-2H3. The van der Waals surface area contributed by atoms with Gasteiger partial charge in [-0.3, -0.25) is 4.72 Å². The van der Waals surface area contributed by atoms with Crippen LogP contribution in [-0.4, -0.2) is 34.4 Å². The molecule has 19 heavy (non-hydrogen) atoms. The second-order valence-corrected chi connectivity index (χ2v) is 5.79. The SMILES string of the molecule is COCCS(=O)(=O)Nc1ccc(C#CCN)cc1C. The lowest BCUT2D eigenvalue weighted by Gasteiger charge is -2.10. The van der Waals surface area contributed by atoms with E-state index >= 15 is 0 Å². The van der Waals surface area contributed by atoms with Crippen LogP contribution in [0.25, 0.3) is 0 Å². The molecule has 0 aliphatic carbocycles. The van der Waals surface area contributed by atoms with Crippen LogP contribution in [0.1, 0.15) is 11.1 Å². The number of hydrogen-bond acceptors (Lipinski definition) is 4. The number of nitrogens with one attached hydrogen (secondary N) is 1. The van der Waals surface area contributed by atoms with Crippen molar-refractivity contribution in [2.75, 3.05) is 30.7 Å². The molecule has 104 valence electrons. The summed E-state index contributed by atoms with van der Waals surface area (Å²) in [7, 11) is -1.92. The van der Waals surface area contributed by atoms with Crippen molar-refractivity contribution in [2.45, 2.75) is 6.92 Å². The van der Waals surface area contributed by atoms with Crippen LogP contribution < -0.4 is 10.5 Å². The number of aryl methyl sites for hydroxylation is 1. The average molecular weight is 282 g/mol. The van der Waals surface area contributed by atoms with Crippen LogP contribution in [0.2, 0.25) is 0 Å². The van der Waals surface area contributed by atoms with Crippen LogP contribution in [0.15, 0.2) is 18.2 Å². The van der Waals surface area contributed by atoms with Crippen LogP contribution in [0.4, 0.5) is 5.69 Å². The van der Waals surface area contributed by atoms with Gasteiger partial charge in [0.2, 0.25) is 10.0 Å². The highest BCUT2D eigenvalue weighted by Gasteiger charge is 2.11. The Morgan fingerprint density at radius 1 is 1.42 bits per heavy atom. The van der Waals surface area contributed by atoms with E-state index in [1.807, 2.05) is 13.0 Å². The molecule has 0 bridgehead atoms. The maximum atomic E-state index is 11.7. The van der Waals surface area contributed by atoms with Gasteiger partial charge in [-0.05, 0) is 30.7 Å². The van der Waals surface area contributed by atoms with E-state index in [4.69, 9.17) is 10.5 Å². The summed E-state index contributed by atoms with van der Waals surface area (Å²) < 4.78 is 30.7. The molecule has 1 aromatic carbocycles. The first-order valence-corrected chi connectivity index (χ1v) is 7.43. The zero-order chi connectivity index (χ0) is 14.3. The highest BCUT2D eigenvalue weighted by molar-refractivity contribution is 7.92. The summed E-state index contributed by atoms with van der Waals surface area (Å²) in [4.78, 5) is 0. The fraction of sp³-hybridized carbons (Fsp3) is 0.385. The molecule has 0 spiro atoms. The third-order valence-corrected chi connectivity index (χ3v) is 3.62. The molecule has 0 saturated heterocycles. The van der Waals surface area contributed by atoms with Crippen LogP contribution in [0, 0.1) is 18.8 Å². The third kappa shape index (κ3) is 5.30. The van der Waals surface area contributed by atoms with Crippen molar-refractivity contribution in [2.24, 2.45) is 5.73 Å². The number of nitrogens with two attached hydrogens (primary N) is 1. The zero-order valence-corrected chi connectivity index (χ0v) is 11.9. The first-order chi connectivity index (χ1) is 8.98. The minimum Gasteiger partial charge on any atom is -0.384 e. The molecule has 0 aliphatic heterocycles. The predicted molar refractivity (Wildman–Crippen MR) is 76.4 cm³/mol. The number of rotatable bonds is 5. The molecule has 6 heteroatoms. The van der Waals surface area contributed by atoms with E-state index < -0.39 is 10.0 Å². The van der Waals surface area contributed by atoms with Crippen molar-refractivity contribution in [3.8, 4) is 11.8 Å². The van der Waals surface area contributed by atoms with Gasteiger partial charge in [0.15, 0.2) is 0 Å². The van der Waals surface area contributed by atoms with E-state index in [-0.39, 0.29) is 12.4 Å². The normalized spacial score (nSPS) is 10.7. The lowest BCUT2D eigenvalue weighted by molar-refractivity contribution is 0.217. The predicted octanol–water partition coefficient (Wildman–Crippen LogP) is 0.693. The molecule has 0 unspecified atom stereocenters. The lowest BCUT2D eigenvalue weighted by atomic mass is 10.1. The van der Waals surface area contributed by atoms with Crippen LogP contribution in [-0.2, 0) is 14.8 Å². The molecule has 1 aromatic rings. The lowest BCUT2D eigenvalue weighted by Crippen LogP contribution is -2.20. The number of methoxy groups -OCH3 is 1. The molecule has 0 atom stereocenters. The molecule has 3 N–H and O–H groups in total. The number of ether oxygens (including phenoxy) is 1. The first kappa shape index (κ1) is 15.5. The Labute approximate surface area is 114 Å². The molecule has 0 heterocycles. The third-order valence-electron chi connectivity index (χ3n) is 2.38. The van der Waals surface area contributed by atoms with Gasteiger partial charge in [0.05, 0.1) is 24.6 Å². The molecule has 5 nitrogen and oxygen atoms in total. The van der Waals surface area contributed by atoms with Crippen molar-refractivity contribution in [1.82, 2.24) is 0 Å². The molecule has 0 aliphatic rings. The van der Waals surface area contributed by atoms with Crippen molar-refractivity contribution in [3.63, 3.8) is 0 Å². The Balaban J connectivity index is 2.86. The number of anilines is 1. The van der Waals surface area contributed by atoms with Crippen molar-refractivity contribution in [3.05, 3.63) is 29.3 Å². The van der Waals surface area contributed by atoms with Crippen molar-refractivity contribution in [1.29, 1.82) is 0 Å². The molecule has 0 aromatic heterocycles. The molecule has 0 fully saturated rings. The summed E-state index contributed by atoms with van der Waals surface area (Å²) in [6, 6.07) is 5.26. The van der Waals surface area contributed by atoms with Gasteiger partial charge < -0.3 is 10.5 Å². The van der Waals surface area contributed by atoms with E-state index in [1.54, 1.807) is 12.1 Å². The van der Waals surface area contributed by atoms with E-state index in [9.17, 15) is 8.42 Å². The van der Waals surface area contributed by atoms with Crippen LogP contribution >= 0.6 is 0 Å². The maximum Gasteiger partial charge on any atom is 0.235 e. The topological polar surface area (TPSA) is 81.4 Å². The minimum atomic E-state index is -3.38. The van der Waals surface area contributed by atoms with Gasteiger partial charge in [-0.25, -0.2) is 8.42 Å². The van der Waals surface area contributed by atoms with E-state index in [0.717, 1.165) is 11.1 Å². The Morgan fingerprint density at radius 3 is 2.74 bits per heavy atom. The highest BCUT2D eigenvalue weighted by Crippen LogP contribution is 2.17. The van der Waals surface area contributed by atoms with Gasteiger partial charge >= 0.3 is 0 Å². The summed E-state index contributed by atoms with van der Waals surface area (Å²) in [6.45, 7) is 2.28. The number of benzene rings is 1. The Morgan fingerprint density at radius 2 is 2.16 bits per heavy atom. The molecule has 0 amide bonds. The van der Waals surface area contributed by atoms with Gasteiger partial charge in [-0.15, -0.1) is 0 Å².